The summed E-state index contributed by atoms with van der Waals surface area (Å²) in [5.74, 6) is 0.623. The molecule has 2 aromatic rings. The van der Waals surface area contributed by atoms with Gasteiger partial charge in [-0.05, 0) is 0 Å². The van der Waals surface area contributed by atoms with Crippen LogP contribution in [0.4, 0.5) is 0 Å². The van der Waals surface area contributed by atoms with Gasteiger partial charge in [-0.1, -0.05) is 0 Å². The molecule has 0 aliphatic carbocycles. The number of hydrogen-bond acceptors (Lipinski definition) is 3. The Hall–Kier alpha value is -1.13. The van der Waals surface area contributed by atoms with Gasteiger partial charge in [0, 0.05) is 0 Å². The molecule has 0 saturated carbocycles. The van der Waals surface area contributed by atoms with Gasteiger partial charge in [-0.15, -0.1) is 0 Å². The zero-order chi connectivity index (χ0) is 17.0. The number of benzene rings is 2. The van der Waals surface area contributed by atoms with Crippen molar-refractivity contribution >= 4 is 29.3 Å². The van der Waals surface area contributed by atoms with E-state index in [-0.39, 0.29) is 11.7 Å². The first kappa shape index (κ1) is 17.7. The van der Waals surface area contributed by atoms with E-state index < -0.39 is 9.84 Å². The summed E-state index contributed by atoms with van der Waals surface area (Å²) < 4.78 is 32.3. The molecule has 3 rings (SSSR count). The second kappa shape index (κ2) is 7.83. The van der Waals surface area contributed by atoms with E-state index in [1.807, 2.05) is 25.1 Å². The molecular weight excluding hydrogens is 387 g/mol. The topological polar surface area (TPSA) is 43.4 Å². The van der Waals surface area contributed by atoms with Gasteiger partial charge in [0.15, 0.2) is 0 Å². The summed E-state index contributed by atoms with van der Waals surface area (Å²) in [4.78, 5) is 0.423. The molecule has 128 valence electrons. The number of sulfone groups is 1. The van der Waals surface area contributed by atoms with E-state index in [2.05, 4.69) is 24.3 Å². The van der Waals surface area contributed by atoms with Crippen molar-refractivity contribution in [1.29, 1.82) is 0 Å². The molecule has 1 heterocycles. The van der Waals surface area contributed by atoms with E-state index >= 15 is 0 Å². The number of ether oxygens (including phenoxy) is 1. The van der Waals surface area contributed by atoms with Crippen molar-refractivity contribution in [2.75, 3.05) is 19.0 Å². The molecule has 0 radical (unpaired) electrons. The van der Waals surface area contributed by atoms with E-state index in [1.54, 1.807) is 12.1 Å². The van der Waals surface area contributed by atoms with E-state index in [0.29, 0.717) is 39.0 Å². The molecule has 0 aromatic heterocycles. The third-order valence-corrected chi connectivity index (χ3v) is 8.73. The van der Waals surface area contributed by atoms with Crippen molar-refractivity contribution in [1.82, 2.24) is 0 Å². The summed E-state index contributed by atoms with van der Waals surface area (Å²) in [7, 11) is -3.25. The summed E-state index contributed by atoms with van der Waals surface area (Å²) in [5, 5.41) is 1.03. The van der Waals surface area contributed by atoms with Crippen LogP contribution in [-0.4, -0.2) is 42.3 Å². The number of rotatable bonds is 6. The van der Waals surface area contributed by atoms with Crippen molar-refractivity contribution in [2.45, 2.75) is 17.1 Å². The molecule has 0 bridgehead atoms. The van der Waals surface area contributed by atoms with Crippen LogP contribution >= 0.6 is 0 Å². The third kappa shape index (κ3) is 4.48. The second-order valence-electron chi connectivity index (χ2n) is 6.28. The summed E-state index contributed by atoms with van der Waals surface area (Å²) in [5.41, 5.74) is 1.07. The zero-order valence-electron chi connectivity index (χ0n) is 13.7. The Bertz CT molecular complexity index is 757. The van der Waals surface area contributed by atoms with Crippen molar-refractivity contribution in [2.24, 2.45) is 11.8 Å². The van der Waals surface area contributed by atoms with Gasteiger partial charge in [-0.25, -0.2) is 0 Å². The minimum absolute atomic E-state index is 0.0990. The first-order valence-electron chi connectivity index (χ1n) is 8.09. The zero-order valence-corrected chi connectivity index (χ0v) is 16.3. The molecule has 1 aliphatic rings. The Kier molecular flexibility index (Phi) is 5.77. The van der Waals surface area contributed by atoms with E-state index in [1.165, 1.54) is 4.46 Å². The van der Waals surface area contributed by atoms with Gasteiger partial charge in [-0.3, -0.25) is 0 Å². The quantitative estimate of drug-likeness (QED) is 0.689. The van der Waals surface area contributed by atoms with Crippen LogP contribution in [0.1, 0.15) is 5.56 Å². The van der Waals surface area contributed by atoms with Gasteiger partial charge in [0.05, 0.1) is 0 Å². The predicted octanol–water partition coefficient (Wildman–Crippen LogP) is 2.48. The Morgan fingerprint density at radius 3 is 2.38 bits per heavy atom. The van der Waals surface area contributed by atoms with E-state index in [0.717, 1.165) is 10.9 Å². The molecular formula is C19H22O3SSe. The predicted molar refractivity (Wildman–Crippen MR) is 97.7 cm³/mol. The molecule has 0 amide bonds. The summed E-state index contributed by atoms with van der Waals surface area (Å²) >= 11 is 0.367. The van der Waals surface area contributed by atoms with Crippen LogP contribution in [0.2, 0.25) is 5.32 Å². The van der Waals surface area contributed by atoms with Crippen LogP contribution in [0.3, 0.4) is 0 Å². The van der Waals surface area contributed by atoms with E-state index in [9.17, 15) is 8.42 Å². The normalized spacial score (nSPS) is 21.0. The third-order valence-electron chi connectivity index (χ3n) is 4.35. The Morgan fingerprint density at radius 1 is 1.00 bits per heavy atom. The fourth-order valence-corrected chi connectivity index (χ4v) is 6.89. The summed E-state index contributed by atoms with van der Waals surface area (Å²) in [6.07, 6.45) is 0. The average Bonchev–Trinajstić information content (AvgIpc) is 3.01. The average molecular weight is 409 g/mol. The van der Waals surface area contributed by atoms with Crippen LogP contribution in [-0.2, 0) is 14.6 Å². The van der Waals surface area contributed by atoms with Gasteiger partial charge in [0.2, 0.25) is 0 Å². The summed E-state index contributed by atoms with van der Waals surface area (Å²) in [6, 6.07) is 17.6. The van der Waals surface area contributed by atoms with Gasteiger partial charge in [0.1, 0.15) is 0 Å². The number of aryl methyl sites for hydroxylation is 1. The van der Waals surface area contributed by atoms with Gasteiger partial charge >= 0.3 is 151 Å². The van der Waals surface area contributed by atoms with Crippen molar-refractivity contribution in [3.05, 3.63) is 60.2 Å². The van der Waals surface area contributed by atoms with Crippen LogP contribution in [0.25, 0.3) is 0 Å². The first-order chi connectivity index (χ1) is 11.5. The van der Waals surface area contributed by atoms with Crippen molar-refractivity contribution in [3.63, 3.8) is 0 Å². The van der Waals surface area contributed by atoms with E-state index in [4.69, 9.17) is 4.74 Å². The van der Waals surface area contributed by atoms with Gasteiger partial charge in [0.25, 0.3) is 0 Å². The molecule has 2 aromatic carbocycles. The first-order valence-corrected chi connectivity index (χ1v) is 11.8. The standard InChI is InChI=1S/C19H22O3SSe/c1-15-7-9-18(10-8-15)23(20,21)13-16-11-22-12-17(16)14-24-19-5-3-2-4-6-19/h2-10,16-17H,11-14H2,1H3/t16-,17+/m0/s1. The Morgan fingerprint density at radius 2 is 1.67 bits per heavy atom. The van der Waals surface area contributed by atoms with Crippen LogP contribution in [0, 0.1) is 18.8 Å². The van der Waals surface area contributed by atoms with Crippen LogP contribution in [0.15, 0.2) is 59.5 Å². The molecule has 0 spiro atoms. The monoisotopic (exact) mass is 410 g/mol. The Labute approximate surface area is 150 Å². The Balaban J connectivity index is 1.64. The molecule has 1 fully saturated rings. The minimum atomic E-state index is -3.25. The summed E-state index contributed by atoms with van der Waals surface area (Å²) in [6.45, 7) is 3.20. The molecule has 0 N–H and O–H groups in total. The fourth-order valence-electron chi connectivity index (χ4n) is 2.85. The molecule has 2 atom stereocenters. The maximum absolute atomic E-state index is 12.7. The molecule has 0 unspecified atom stereocenters. The molecule has 24 heavy (non-hydrogen) atoms. The van der Waals surface area contributed by atoms with Gasteiger partial charge < -0.3 is 0 Å². The molecule has 1 saturated heterocycles. The molecule has 1 aliphatic heterocycles. The second-order valence-corrected chi connectivity index (χ2v) is 10.6. The van der Waals surface area contributed by atoms with Gasteiger partial charge in [-0.2, -0.15) is 0 Å². The van der Waals surface area contributed by atoms with Crippen molar-refractivity contribution < 1.29 is 13.2 Å². The SMILES string of the molecule is Cc1ccc(S(=O)(=O)C[C@@H]2COC[C@@H]2C[Se]c2ccccc2)cc1. The van der Waals surface area contributed by atoms with Crippen LogP contribution < -0.4 is 4.46 Å². The number of hydrogen-bond donors (Lipinski definition) is 0. The molecule has 3 nitrogen and oxygen atoms in total. The van der Waals surface area contributed by atoms with Crippen LogP contribution in [0.5, 0.6) is 0 Å². The van der Waals surface area contributed by atoms with Crippen molar-refractivity contribution in [3.8, 4) is 0 Å². The maximum atomic E-state index is 12.7. The fraction of sp³-hybridized carbons (Fsp3) is 0.368. The molecule has 5 heteroatoms.